The van der Waals surface area contributed by atoms with Crippen molar-refractivity contribution in [2.45, 2.75) is 0 Å². The molecule has 1 rings (SSSR count). The van der Waals surface area contributed by atoms with E-state index < -0.39 is 0 Å². The third-order valence-corrected chi connectivity index (χ3v) is 3.26. The zero-order chi connectivity index (χ0) is 13.0. The fourth-order valence-corrected chi connectivity index (χ4v) is 1.87. The Morgan fingerprint density at radius 2 is 1.76 bits per heavy atom. The fraction of sp³-hybridized carbons (Fsp3) is 0.333. The highest BCUT2D eigenvalue weighted by Crippen LogP contribution is 2.13. The molecule has 0 radical (unpaired) electrons. The molecule has 0 aliphatic heterocycles. The first-order valence-electron chi connectivity index (χ1n) is 5.13. The van der Waals surface area contributed by atoms with Gasteiger partial charge in [0, 0.05) is 24.7 Å². The molecule has 0 atom stereocenters. The number of hydrogen-bond donors (Lipinski definition) is 0. The molecule has 0 spiro atoms. The topological polar surface area (TPSA) is 40.6 Å². The highest BCUT2D eigenvalue weighted by atomic mass is 127. The highest BCUT2D eigenvalue weighted by Gasteiger charge is 2.17. The van der Waals surface area contributed by atoms with Gasteiger partial charge in [-0.25, -0.2) is 0 Å². The molecular weight excluding hydrogens is 331 g/mol. The van der Waals surface area contributed by atoms with Gasteiger partial charge in [-0.15, -0.1) is 0 Å². The molecule has 0 N–H and O–H groups in total. The molecule has 0 saturated carbocycles. The van der Waals surface area contributed by atoms with E-state index in [0.29, 0.717) is 5.56 Å². The molecule has 17 heavy (non-hydrogen) atoms. The molecule has 5 heteroatoms. The van der Waals surface area contributed by atoms with Gasteiger partial charge in [-0.2, -0.15) is 0 Å². The largest absolute Gasteiger partial charge is 0.347 e. The van der Waals surface area contributed by atoms with Gasteiger partial charge in [0.25, 0.3) is 5.91 Å². The third-order valence-electron chi connectivity index (χ3n) is 2.32. The Hall–Kier alpha value is -1.11. The van der Waals surface area contributed by atoms with Crippen LogP contribution in [0.5, 0.6) is 0 Å². The minimum atomic E-state index is -0.134. The number of carbonyl (C=O) groups excluding carboxylic acids is 2. The van der Waals surface area contributed by atoms with Crippen LogP contribution in [0.1, 0.15) is 10.4 Å². The Balaban J connectivity index is 2.77. The van der Waals surface area contributed by atoms with Crippen LogP contribution in [0.25, 0.3) is 0 Å². The lowest BCUT2D eigenvalue weighted by molar-refractivity contribution is -0.129. The van der Waals surface area contributed by atoms with Gasteiger partial charge >= 0.3 is 0 Å². The van der Waals surface area contributed by atoms with Gasteiger partial charge in [0.1, 0.15) is 0 Å². The Morgan fingerprint density at radius 3 is 2.29 bits per heavy atom. The van der Waals surface area contributed by atoms with Crippen LogP contribution in [0.2, 0.25) is 0 Å². The van der Waals surface area contributed by atoms with Crippen LogP contribution in [-0.2, 0) is 4.79 Å². The number of nitrogens with zero attached hydrogens (tertiary/aromatic N) is 2. The van der Waals surface area contributed by atoms with Gasteiger partial charge < -0.3 is 9.80 Å². The van der Waals surface area contributed by atoms with Crippen molar-refractivity contribution in [3.8, 4) is 0 Å². The van der Waals surface area contributed by atoms with Crippen LogP contribution in [0.4, 0.5) is 0 Å². The molecule has 0 saturated heterocycles. The maximum Gasteiger partial charge on any atom is 0.255 e. The molecular formula is C12H15IN2O2. The number of halogens is 1. The van der Waals surface area contributed by atoms with Gasteiger partial charge in [0.15, 0.2) is 0 Å². The summed E-state index contributed by atoms with van der Waals surface area (Å²) in [6.45, 7) is 0.0941. The zero-order valence-corrected chi connectivity index (χ0v) is 12.3. The van der Waals surface area contributed by atoms with Gasteiger partial charge in [0.05, 0.1) is 12.1 Å². The van der Waals surface area contributed by atoms with Crippen molar-refractivity contribution in [2.75, 3.05) is 27.7 Å². The number of rotatable bonds is 3. The van der Waals surface area contributed by atoms with Crippen LogP contribution in [-0.4, -0.2) is 49.3 Å². The van der Waals surface area contributed by atoms with Crippen molar-refractivity contribution in [3.63, 3.8) is 0 Å². The monoisotopic (exact) mass is 346 g/mol. The molecule has 0 heterocycles. The predicted octanol–water partition coefficient (Wildman–Crippen LogP) is 1.45. The first kappa shape index (κ1) is 14.0. The van der Waals surface area contributed by atoms with Gasteiger partial charge in [-0.3, -0.25) is 9.59 Å². The Labute approximate surface area is 115 Å². The van der Waals surface area contributed by atoms with Crippen molar-refractivity contribution >= 4 is 34.4 Å². The maximum absolute atomic E-state index is 12.1. The Bertz CT molecular complexity index is 432. The molecule has 0 fully saturated rings. The summed E-state index contributed by atoms with van der Waals surface area (Å²) in [4.78, 5) is 26.5. The molecule has 4 nitrogen and oxygen atoms in total. The van der Waals surface area contributed by atoms with Crippen LogP contribution in [0.15, 0.2) is 24.3 Å². The summed E-state index contributed by atoms with van der Waals surface area (Å²) in [5.74, 6) is -0.225. The summed E-state index contributed by atoms with van der Waals surface area (Å²) in [7, 11) is 4.98. The fourth-order valence-electron chi connectivity index (χ4n) is 1.26. The lowest BCUT2D eigenvalue weighted by Crippen LogP contribution is -2.38. The van der Waals surface area contributed by atoms with E-state index >= 15 is 0 Å². The number of hydrogen-bond acceptors (Lipinski definition) is 2. The van der Waals surface area contributed by atoms with E-state index in [1.807, 2.05) is 18.2 Å². The number of carbonyl (C=O) groups is 2. The highest BCUT2D eigenvalue weighted by molar-refractivity contribution is 14.1. The molecule has 92 valence electrons. The first-order valence-corrected chi connectivity index (χ1v) is 6.21. The quantitative estimate of drug-likeness (QED) is 0.778. The van der Waals surface area contributed by atoms with Gasteiger partial charge in [-0.1, -0.05) is 12.1 Å². The summed E-state index contributed by atoms with van der Waals surface area (Å²) >= 11 is 2.11. The van der Waals surface area contributed by atoms with Gasteiger partial charge in [-0.05, 0) is 34.7 Å². The summed E-state index contributed by atoms with van der Waals surface area (Å²) in [5.41, 5.74) is 0.627. The van der Waals surface area contributed by atoms with Crippen LogP contribution in [0, 0.1) is 3.57 Å². The smallest absolute Gasteiger partial charge is 0.255 e. The van der Waals surface area contributed by atoms with Crippen LogP contribution < -0.4 is 0 Å². The van der Waals surface area contributed by atoms with Crippen LogP contribution in [0.3, 0.4) is 0 Å². The minimum absolute atomic E-state index is 0.0909. The first-order chi connectivity index (χ1) is 7.93. The minimum Gasteiger partial charge on any atom is -0.347 e. The van der Waals surface area contributed by atoms with Crippen molar-refractivity contribution in [1.29, 1.82) is 0 Å². The zero-order valence-electron chi connectivity index (χ0n) is 10.1. The van der Waals surface area contributed by atoms with E-state index in [1.165, 1.54) is 9.80 Å². The third kappa shape index (κ3) is 3.69. The summed E-state index contributed by atoms with van der Waals surface area (Å²) in [6.07, 6.45) is 0. The van der Waals surface area contributed by atoms with Gasteiger partial charge in [0.2, 0.25) is 5.91 Å². The predicted molar refractivity (Wildman–Crippen MR) is 74.8 cm³/mol. The molecule has 2 amide bonds. The second-order valence-electron chi connectivity index (χ2n) is 3.93. The second-order valence-corrected chi connectivity index (χ2v) is 5.09. The average molecular weight is 346 g/mol. The van der Waals surface area contributed by atoms with E-state index in [9.17, 15) is 9.59 Å². The Morgan fingerprint density at radius 1 is 1.18 bits per heavy atom. The molecule has 1 aromatic carbocycles. The number of likely N-dealkylation sites (N-methyl/N-ethyl adjacent to an activating group) is 2. The van der Waals surface area contributed by atoms with Crippen molar-refractivity contribution in [3.05, 3.63) is 33.4 Å². The lowest BCUT2D eigenvalue weighted by atomic mass is 10.2. The van der Waals surface area contributed by atoms with E-state index in [0.717, 1.165) is 3.57 Å². The average Bonchev–Trinajstić information content (AvgIpc) is 2.28. The van der Waals surface area contributed by atoms with E-state index in [-0.39, 0.29) is 18.4 Å². The van der Waals surface area contributed by atoms with Crippen molar-refractivity contribution in [2.24, 2.45) is 0 Å². The van der Waals surface area contributed by atoms with Crippen LogP contribution >= 0.6 is 22.6 Å². The molecule has 0 bridgehead atoms. The molecule has 1 aromatic rings. The summed E-state index contributed by atoms with van der Waals surface area (Å²) < 4.78 is 0.888. The van der Waals surface area contributed by atoms with Crippen molar-refractivity contribution in [1.82, 2.24) is 9.80 Å². The lowest BCUT2D eigenvalue weighted by Gasteiger charge is -2.19. The summed E-state index contributed by atoms with van der Waals surface area (Å²) in [5, 5.41) is 0. The van der Waals surface area contributed by atoms with E-state index in [2.05, 4.69) is 22.6 Å². The Kier molecular flexibility index (Phi) is 4.92. The normalized spacial score (nSPS) is 9.88. The maximum atomic E-state index is 12.1. The standard InChI is InChI=1S/C12H15IN2O2/c1-14(2)11(16)8-15(3)12(17)9-6-4-5-7-10(9)13/h4-7H,8H2,1-3H3. The second kappa shape index (κ2) is 6.00. The number of benzene rings is 1. The summed E-state index contributed by atoms with van der Waals surface area (Å²) in [6, 6.07) is 7.33. The number of amides is 2. The SMILES string of the molecule is CN(C)C(=O)CN(C)C(=O)c1ccccc1I. The molecule has 0 aliphatic rings. The van der Waals surface area contributed by atoms with E-state index in [1.54, 1.807) is 27.2 Å². The molecule has 0 unspecified atom stereocenters. The molecule has 0 aromatic heterocycles. The van der Waals surface area contributed by atoms with Crippen molar-refractivity contribution < 1.29 is 9.59 Å². The van der Waals surface area contributed by atoms with E-state index in [4.69, 9.17) is 0 Å². The molecule has 0 aliphatic carbocycles.